The molecule has 0 aliphatic rings. The van der Waals surface area contributed by atoms with Crippen LogP contribution in [0.25, 0.3) is 0 Å². The largest absolute Gasteiger partial charge is 0.462 e. The third kappa shape index (κ3) is 8.30. The second-order valence-electron chi connectivity index (χ2n) is 3.27. The molecule has 0 radical (unpaired) electrons. The van der Waals surface area contributed by atoms with Gasteiger partial charge >= 0.3 is 11.9 Å². The van der Waals surface area contributed by atoms with E-state index in [0.29, 0.717) is 6.20 Å². The van der Waals surface area contributed by atoms with E-state index in [1.165, 1.54) is 0 Å². The molecule has 2 atom stereocenters. The minimum atomic E-state index is -1.23. The van der Waals surface area contributed by atoms with Gasteiger partial charge in [-0.3, -0.25) is 24.5 Å². The molecule has 0 spiro atoms. The molecule has 0 saturated heterocycles. The molecule has 0 bridgehead atoms. The highest BCUT2D eigenvalue weighted by Gasteiger charge is 2.26. The van der Waals surface area contributed by atoms with Gasteiger partial charge in [-0.1, -0.05) is 0 Å². The molecule has 9 nitrogen and oxygen atoms in total. The number of hydrogen-bond acceptors (Lipinski definition) is 8. The van der Waals surface area contributed by atoms with Gasteiger partial charge in [0.05, 0.1) is 4.92 Å². The predicted octanol–water partition coefficient (Wildman–Crippen LogP) is -0.187. The first kappa shape index (κ1) is 16.6. The molecule has 0 aromatic heterocycles. The van der Waals surface area contributed by atoms with Crippen molar-refractivity contribution in [1.29, 1.82) is 0 Å². The summed E-state index contributed by atoms with van der Waals surface area (Å²) in [7, 11) is 0. The summed E-state index contributed by atoms with van der Waals surface area (Å²) in [4.78, 5) is 41.3. The first-order valence-electron chi connectivity index (χ1n) is 5.08. The Kier molecular flexibility index (Phi) is 7.50. The zero-order chi connectivity index (χ0) is 14.8. The maximum absolute atomic E-state index is 10.9. The van der Waals surface area contributed by atoms with Gasteiger partial charge < -0.3 is 14.2 Å². The molecule has 0 rings (SSSR count). The number of carbonyl (C=O) groups is 3. The van der Waals surface area contributed by atoms with Crippen LogP contribution >= 0.6 is 0 Å². The summed E-state index contributed by atoms with van der Waals surface area (Å²) in [5.74, 6) is -1.38. The fourth-order valence-corrected chi connectivity index (χ4v) is 1.07. The first-order chi connectivity index (χ1) is 8.86. The van der Waals surface area contributed by atoms with Crippen molar-refractivity contribution in [1.82, 2.24) is 0 Å². The fraction of sp³-hybridized carbons (Fsp3) is 0.500. The number of rotatable bonds is 8. The van der Waals surface area contributed by atoms with Crippen LogP contribution < -0.4 is 0 Å². The molecule has 9 heteroatoms. The Morgan fingerprint density at radius 2 is 1.95 bits per heavy atom. The number of hydrogen-bond donors (Lipinski definition) is 0. The van der Waals surface area contributed by atoms with Crippen LogP contribution in [0.3, 0.4) is 0 Å². The topological polar surface area (TPSA) is 122 Å². The molecule has 0 aliphatic carbocycles. The van der Waals surface area contributed by atoms with Crippen LogP contribution in [0.15, 0.2) is 12.3 Å². The summed E-state index contributed by atoms with van der Waals surface area (Å²) in [5.41, 5.74) is 0. The summed E-state index contributed by atoms with van der Waals surface area (Å²) in [6, 6.07) is 0. The number of ether oxygens (including phenoxy) is 3. The highest BCUT2D eigenvalue weighted by Crippen LogP contribution is 2.08. The molecule has 0 heterocycles. The second-order valence-corrected chi connectivity index (χ2v) is 3.27. The minimum Gasteiger partial charge on any atom is -0.462 e. The molecule has 2 unspecified atom stereocenters. The van der Waals surface area contributed by atoms with Crippen LogP contribution in [-0.2, 0) is 28.6 Å². The number of esters is 2. The van der Waals surface area contributed by atoms with Gasteiger partial charge in [-0.05, 0) is 0 Å². The Hall–Kier alpha value is -2.45. The van der Waals surface area contributed by atoms with Gasteiger partial charge in [-0.25, -0.2) is 0 Å². The van der Waals surface area contributed by atoms with Gasteiger partial charge in [-0.15, -0.1) is 0 Å². The molecule has 0 N–H and O–H groups in total. The van der Waals surface area contributed by atoms with Gasteiger partial charge in [-0.2, -0.15) is 0 Å². The predicted molar refractivity (Wildman–Crippen MR) is 59.3 cm³/mol. The monoisotopic (exact) mass is 275 g/mol. The normalized spacial score (nSPS) is 13.4. The quantitative estimate of drug-likeness (QED) is 0.196. The summed E-state index contributed by atoms with van der Waals surface area (Å²) < 4.78 is 13.9. The Labute approximate surface area is 108 Å². The van der Waals surface area contributed by atoms with Crippen LogP contribution in [0.5, 0.6) is 0 Å². The molecular weight excluding hydrogens is 262 g/mol. The van der Waals surface area contributed by atoms with Crippen molar-refractivity contribution in [3.8, 4) is 0 Å². The first-order valence-corrected chi connectivity index (χ1v) is 5.08. The van der Waals surface area contributed by atoms with Crippen molar-refractivity contribution in [3.63, 3.8) is 0 Å². The zero-order valence-corrected chi connectivity index (χ0v) is 10.3. The lowest BCUT2D eigenvalue weighted by atomic mass is 10.2. The molecule has 0 aromatic carbocycles. The summed E-state index contributed by atoms with van der Waals surface area (Å²) in [5, 5.41) is 10.2. The van der Waals surface area contributed by atoms with Crippen molar-refractivity contribution < 1.29 is 33.5 Å². The van der Waals surface area contributed by atoms with E-state index in [1.54, 1.807) is 0 Å². The highest BCUT2D eigenvalue weighted by molar-refractivity contribution is 5.66. The molecule has 106 valence electrons. The van der Waals surface area contributed by atoms with E-state index in [1.807, 2.05) is 0 Å². The van der Waals surface area contributed by atoms with E-state index in [2.05, 4.69) is 9.47 Å². The van der Waals surface area contributed by atoms with E-state index in [9.17, 15) is 24.5 Å². The van der Waals surface area contributed by atoms with Crippen LogP contribution in [0.2, 0.25) is 0 Å². The number of nitro groups is 1. The molecule has 0 aromatic rings. The Morgan fingerprint density at radius 1 is 1.32 bits per heavy atom. The van der Waals surface area contributed by atoms with Crippen molar-refractivity contribution in [3.05, 3.63) is 22.4 Å². The summed E-state index contributed by atoms with van der Waals surface area (Å²) in [6.07, 6.45) is -0.948. The van der Waals surface area contributed by atoms with Crippen molar-refractivity contribution in [2.75, 3.05) is 6.61 Å². The Bertz CT molecular complexity index is 378. The second kappa shape index (κ2) is 8.61. The highest BCUT2D eigenvalue weighted by atomic mass is 16.6. The molecular formula is C10H13NO8. The van der Waals surface area contributed by atoms with Crippen LogP contribution in [-0.4, -0.2) is 42.1 Å². The molecule has 19 heavy (non-hydrogen) atoms. The van der Waals surface area contributed by atoms with Gasteiger partial charge in [0.1, 0.15) is 6.61 Å². The van der Waals surface area contributed by atoms with E-state index in [-0.39, 0.29) is 6.47 Å². The fourth-order valence-electron chi connectivity index (χ4n) is 1.07. The zero-order valence-electron chi connectivity index (χ0n) is 10.3. The van der Waals surface area contributed by atoms with Crippen LogP contribution in [0.1, 0.15) is 13.8 Å². The van der Waals surface area contributed by atoms with Gasteiger partial charge in [0, 0.05) is 19.9 Å². The van der Waals surface area contributed by atoms with Gasteiger partial charge in [0.25, 0.3) is 6.47 Å². The van der Waals surface area contributed by atoms with Crippen molar-refractivity contribution >= 4 is 18.4 Å². The lowest BCUT2D eigenvalue weighted by Gasteiger charge is -2.21. The lowest BCUT2D eigenvalue weighted by molar-refractivity contribution is -0.403. The van der Waals surface area contributed by atoms with Gasteiger partial charge in [0.2, 0.25) is 6.20 Å². The van der Waals surface area contributed by atoms with Gasteiger partial charge in [0.15, 0.2) is 12.2 Å². The molecule has 0 fully saturated rings. The van der Waals surface area contributed by atoms with E-state index >= 15 is 0 Å². The third-order valence-corrected chi connectivity index (χ3v) is 1.75. The SMILES string of the molecule is CC(=O)OCC(OC=O)C(/C=C/[N+](=O)[O-])OC(C)=O. The van der Waals surface area contributed by atoms with E-state index < -0.39 is 35.7 Å². The number of nitrogens with zero attached hydrogens (tertiary/aromatic N) is 1. The summed E-state index contributed by atoms with van der Waals surface area (Å²) in [6.45, 7) is 1.88. The third-order valence-electron chi connectivity index (χ3n) is 1.75. The average Bonchev–Trinajstić information content (AvgIpc) is 2.29. The Morgan fingerprint density at radius 3 is 2.37 bits per heavy atom. The molecule has 0 saturated carbocycles. The summed E-state index contributed by atoms with van der Waals surface area (Å²) >= 11 is 0. The standard InChI is InChI=1S/C10H13NO8/c1-7(13)17-5-10(18-6-12)9(19-8(2)14)3-4-11(15)16/h3-4,6,9-10H,5H2,1-2H3/b4-3+. The van der Waals surface area contributed by atoms with Crippen LogP contribution in [0.4, 0.5) is 0 Å². The maximum Gasteiger partial charge on any atom is 0.303 e. The maximum atomic E-state index is 10.9. The minimum absolute atomic E-state index is 0.0602. The molecule has 0 amide bonds. The van der Waals surface area contributed by atoms with Crippen molar-refractivity contribution in [2.24, 2.45) is 0 Å². The van der Waals surface area contributed by atoms with Crippen LogP contribution in [0, 0.1) is 10.1 Å². The van der Waals surface area contributed by atoms with E-state index in [0.717, 1.165) is 19.9 Å². The average molecular weight is 275 g/mol. The van der Waals surface area contributed by atoms with E-state index in [4.69, 9.17) is 4.74 Å². The lowest BCUT2D eigenvalue weighted by Crippen LogP contribution is -2.36. The molecule has 0 aliphatic heterocycles. The Balaban J connectivity index is 4.88. The number of carbonyl (C=O) groups excluding carboxylic acids is 3. The van der Waals surface area contributed by atoms with Crippen molar-refractivity contribution in [2.45, 2.75) is 26.1 Å². The smallest absolute Gasteiger partial charge is 0.303 e.